The molecule has 26 heavy (non-hydrogen) atoms. The van der Waals surface area contributed by atoms with E-state index in [1.165, 1.54) is 17.1 Å². The number of carbonyl (C=O) groups is 2. The quantitative estimate of drug-likeness (QED) is 0.538. The van der Waals surface area contributed by atoms with E-state index in [4.69, 9.17) is 14.5 Å². The molecule has 0 aromatic carbocycles. The van der Waals surface area contributed by atoms with Crippen LogP contribution in [0.25, 0.3) is 0 Å². The normalized spacial score (nSPS) is 11.5. The predicted molar refractivity (Wildman–Crippen MR) is 81.8 cm³/mol. The Kier molecular flexibility index (Phi) is 8.60. The van der Waals surface area contributed by atoms with Crippen molar-refractivity contribution in [2.45, 2.75) is 32.6 Å². The average Bonchev–Trinajstić information content (AvgIpc) is 2.51. The molecular weight excluding hydrogens is 383 g/mol. The van der Waals surface area contributed by atoms with E-state index in [0.717, 1.165) is 0 Å². The zero-order valence-corrected chi connectivity index (χ0v) is 15.0. The van der Waals surface area contributed by atoms with Gasteiger partial charge in [0.25, 0.3) is 16.0 Å². The number of carboxylic acid groups (broad SMARTS) is 1. The van der Waals surface area contributed by atoms with Crippen LogP contribution in [-0.2, 0) is 21.5 Å². The minimum absolute atomic E-state index is 0.0350. The third kappa shape index (κ3) is 9.27. The topological polar surface area (TPSA) is 129 Å². The van der Waals surface area contributed by atoms with Crippen LogP contribution >= 0.6 is 0 Å². The Labute approximate surface area is 147 Å². The van der Waals surface area contributed by atoms with E-state index >= 15 is 0 Å². The fraction of sp³-hybridized carbons (Fsp3) is 0.538. The van der Waals surface area contributed by atoms with Crippen LogP contribution in [0.1, 0.15) is 24.2 Å². The molecule has 0 saturated carbocycles. The van der Waals surface area contributed by atoms with Crippen LogP contribution in [0, 0.1) is 0 Å². The van der Waals surface area contributed by atoms with Gasteiger partial charge in [-0.05, 0) is 18.9 Å². The third-order valence-corrected chi connectivity index (χ3v) is 3.63. The first-order valence-electron chi connectivity index (χ1n) is 7.03. The summed E-state index contributed by atoms with van der Waals surface area (Å²) in [5, 5.41) is 11.1. The van der Waals surface area contributed by atoms with Crippen molar-refractivity contribution in [1.82, 2.24) is 10.00 Å². The standard InChI is InChI=1S/C11H17N3O4S.C2HF3O2/c1-9(2)13(3)11(15)10-4-5-14(12-8-10)6-7-19(16,17)18;3-2(4,5)1(6)7/h4-5,8-9H,6-7H2,1-3H3;(H,6,7)/p+1. The van der Waals surface area contributed by atoms with Crippen LogP contribution in [0.5, 0.6) is 0 Å². The minimum atomic E-state index is -5.08. The highest BCUT2D eigenvalue weighted by Gasteiger charge is 2.38. The van der Waals surface area contributed by atoms with Gasteiger partial charge < -0.3 is 10.0 Å². The fourth-order valence-corrected chi connectivity index (χ4v) is 1.71. The highest BCUT2D eigenvalue weighted by molar-refractivity contribution is 7.85. The van der Waals surface area contributed by atoms with Gasteiger partial charge in [0.2, 0.25) is 0 Å². The number of nitrogens with zero attached hydrogens (tertiary/aromatic N) is 3. The molecule has 1 amide bonds. The van der Waals surface area contributed by atoms with Crippen molar-refractivity contribution in [1.29, 1.82) is 0 Å². The number of hydrogen-bond donors (Lipinski definition) is 2. The number of aliphatic carboxylic acids is 1. The Balaban J connectivity index is 0.000000758. The molecule has 0 radical (unpaired) electrons. The number of aromatic nitrogens is 2. The van der Waals surface area contributed by atoms with Gasteiger partial charge in [0.05, 0.1) is 5.56 Å². The lowest BCUT2D eigenvalue weighted by Crippen LogP contribution is -2.41. The fourth-order valence-electron chi connectivity index (χ4n) is 1.29. The van der Waals surface area contributed by atoms with Gasteiger partial charge in [-0.3, -0.25) is 9.35 Å². The van der Waals surface area contributed by atoms with E-state index < -0.39 is 28.0 Å². The summed E-state index contributed by atoms with van der Waals surface area (Å²) in [6, 6.07) is 1.65. The number of carboxylic acids is 1. The molecular formula is C13H19F3N3O6S+. The molecule has 0 aliphatic carbocycles. The summed E-state index contributed by atoms with van der Waals surface area (Å²) in [7, 11) is -2.31. The first kappa shape index (κ1) is 23.7. The first-order valence-corrected chi connectivity index (χ1v) is 8.64. The molecule has 0 saturated heterocycles. The van der Waals surface area contributed by atoms with Crippen molar-refractivity contribution >= 4 is 22.0 Å². The molecule has 0 bridgehead atoms. The van der Waals surface area contributed by atoms with E-state index in [0.29, 0.717) is 5.56 Å². The lowest BCUT2D eigenvalue weighted by atomic mass is 10.2. The Hall–Kier alpha value is -2.28. The largest absolute Gasteiger partial charge is 0.490 e. The van der Waals surface area contributed by atoms with Crippen LogP contribution < -0.4 is 4.68 Å². The minimum Gasteiger partial charge on any atom is -0.475 e. The van der Waals surface area contributed by atoms with Crippen molar-refractivity contribution in [2.24, 2.45) is 0 Å². The molecule has 1 aromatic heterocycles. The molecule has 1 aromatic rings. The summed E-state index contributed by atoms with van der Waals surface area (Å²) in [6.07, 6.45) is -2.20. The molecule has 0 aliphatic heterocycles. The van der Waals surface area contributed by atoms with Crippen molar-refractivity contribution in [3.63, 3.8) is 0 Å². The number of hydrogen-bond acceptors (Lipinski definition) is 5. The lowest BCUT2D eigenvalue weighted by Gasteiger charge is -2.20. The van der Waals surface area contributed by atoms with Gasteiger partial charge in [0.15, 0.2) is 12.7 Å². The number of aryl methyl sites for hydroxylation is 1. The van der Waals surface area contributed by atoms with E-state index in [1.807, 2.05) is 13.8 Å². The molecule has 2 N–H and O–H groups in total. The maximum absolute atomic E-state index is 12.0. The molecule has 0 spiro atoms. The monoisotopic (exact) mass is 402 g/mol. The molecule has 0 atom stereocenters. The number of alkyl halides is 3. The second-order valence-corrected chi connectivity index (χ2v) is 6.85. The van der Waals surface area contributed by atoms with Crippen LogP contribution in [0.4, 0.5) is 13.2 Å². The van der Waals surface area contributed by atoms with Crippen LogP contribution in [-0.4, -0.2) is 65.0 Å². The zero-order valence-electron chi connectivity index (χ0n) is 14.1. The number of halogens is 3. The molecule has 9 nitrogen and oxygen atoms in total. The van der Waals surface area contributed by atoms with Gasteiger partial charge in [0, 0.05) is 19.2 Å². The van der Waals surface area contributed by atoms with Crippen LogP contribution in [0.3, 0.4) is 0 Å². The summed E-state index contributed by atoms with van der Waals surface area (Å²) in [5.41, 5.74) is 0.430. The lowest BCUT2D eigenvalue weighted by molar-refractivity contribution is -0.750. The van der Waals surface area contributed by atoms with E-state index in [9.17, 15) is 26.4 Å². The van der Waals surface area contributed by atoms with Crippen molar-refractivity contribution in [3.8, 4) is 0 Å². The molecule has 1 heterocycles. The SMILES string of the molecule is CC(C)N(C)C(=O)c1cc[n+](CCS(=O)(=O)O)nc1.O=C(O)C(F)(F)F. The number of rotatable bonds is 5. The van der Waals surface area contributed by atoms with Crippen LogP contribution in [0.15, 0.2) is 18.5 Å². The van der Waals surface area contributed by atoms with E-state index in [2.05, 4.69) is 5.10 Å². The Morgan fingerprint density at radius 2 is 1.85 bits per heavy atom. The van der Waals surface area contributed by atoms with Crippen LogP contribution in [0.2, 0.25) is 0 Å². The summed E-state index contributed by atoms with van der Waals surface area (Å²) in [4.78, 5) is 22.4. The maximum Gasteiger partial charge on any atom is 0.490 e. The highest BCUT2D eigenvalue weighted by atomic mass is 32.2. The smallest absolute Gasteiger partial charge is 0.475 e. The van der Waals surface area contributed by atoms with Gasteiger partial charge in [-0.25, -0.2) is 4.79 Å². The van der Waals surface area contributed by atoms with Gasteiger partial charge >= 0.3 is 12.1 Å². The highest BCUT2D eigenvalue weighted by Crippen LogP contribution is 2.13. The number of amides is 1. The van der Waals surface area contributed by atoms with Gasteiger partial charge in [-0.1, -0.05) is 4.68 Å². The van der Waals surface area contributed by atoms with E-state index in [1.54, 1.807) is 18.0 Å². The molecule has 1 rings (SSSR count). The second-order valence-electron chi connectivity index (χ2n) is 5.28. The van der Waals surface area contributed by atoms with Gasteiger partial charge in [0.1, 0.15) is 11.9 Å². The van der Waals surface area contributed by atoms with Crippen molar-refractivity contribution in [3.05, 3.63) is 24.0 Å². The third-order valence-electron chi connectivity index (χ3n) is 2.93. The Bertz CT molecular complexity index is 720. The summed E-state index contributed by atoms with van der Waals surface area (Å²) < 4.78 is 62.9. The molecule has 0 aliphatic rings. The molecule has 0 unspecified atom stereocenters. The van der Waals surface area contributed by atoms with Crippen molar-refractivity contribution < 1.29 is 45.5 Å². The molecule has 13 heteroatoms. The average molecular weight is 402 g/mol. The second kappa shape index (κ2) is 9.43. The summed E-state index contributed by atoms with van der Waals surface area (Å²) in [6.45, 7) is 3.84. The molecule has 148 valence electrons. The van der Waals surface area contributed by atoms with Crippen molar-refractivity contribution in [2.75, 3.05) is 12.8 Å². The Morgan fingerprint density at radius 3 is 2.15 bits per heavy atom. The number of carbonyl (C=O) groups excluding carboxylic acids is 1. The summed E-state index contributed by atoms with van der Waals surface area (Å²) >= 11 is 0. The first-order chi connectivity index (χ1) is 11.6. The van der Waals surface area contributed by atoms with Gasteiger partial charge in [-0.15, -0.1) is 0 Å². The Morgan fingerprint density at radius 1 is 1.35 bits per heavy atom. The van der Waals surface area contributed by atoms with E-state index in [-0.39, 0.29) is 18.5 Å². The maximum atomic E-state index is 12.0. The van der Waals surface area contributed by atoms with Gasteiger partial charge in [-0.2, -0.15) is 21.6 Å². The predicted octanol–water partition coefficient (Wildman–Crippen LogP) is 0.371. The zero-order chi connectivity index (χ0) is 20.7. The summed E-state index contributed by atoms with van der Waals surface area (Å²) in [5.74, 6) is -3.32. The molecule has 0 fully saturated rings.